The molecule has 0 saturated carbocycles. The van der Waals surface area contributed by atoms with E-state index in [9.17, 15) is 8.42 Å². The second-order valence-electron chi connectivity index (χ2n) is 6.35. The highest BCUT2D eigenvalue weighted by molar-refractivity contribution is 7.91. The van der Waals surface area contributed by atoms with Crippen molar-refractivity contribution >= 4 is 44.0 Å². The fraction of sp³-hybridized carbons (Fsp3) is 0.312. The Labute approximate surface area is 154 Å². The Morgan fingerprint density at radius 2 is 1.96 bits per heavy atom. The van der Waals surface area contributed by atoms with Crippen LogP contribution in [0.2, 0.25) is 0 Å². The van der Waals surface area contributed by atoms with E-state index in [0.717, 1.165) is 21.1 Å². The maximum atomic E-state index is 12.4. The van der Waals surface area contributed by atoms with E-state index in [1.54, 1.807) is 17.4 Å². The van der Waals surface area contributed by atoms with Gasteiger partial charge in [0, 0.05) is 33.2 Å². The highest BCUT2D eigenvalue weighted by Gasteiger charge is 2.21. The number of thiophene rings is 2. The smallest absolute Gasteiger partial charge is 0.241 e. The number of hydrogen-bond acceptors (Lipinski definition) is 6. The maximum absolute atomic E-state index is 12.4. The molecule has 0 aliphatic rings. The van der Waals surface area contributed by atoms with E-state index >= 15 is 0 Å². The molecule has 1 N–H and O–H groups in total. The van der Waals surface area contributed by atoms with Crippen molar-refractivity contribution in [3.8, 4) is 10.6 Å². The van der Waals surface area contributed by atoms with Crippen LogP contribution in [-0.2, 0) is 22.0 Å². The average Bonchev–Trinajstić information content (AvgIpc) is 3.23. The number of aromatic nitrogens is 1. The van der Waals surface area contributed by atoms with Crippen LogP contribution in [0.25, 0.3) is 10.6 Å². The van der Waals surface area contributed by atoms with Gasteiger partial charge in [0.05, 0.1) is 5.69 Å². The van der Waals surface area contributed by atoms with Gasteiger partial charge in [-0.2, -0.15) is 0 Å². The second kappa shape index (κ2) is 6.68. The summed E-state index contributed by atoms with van der Waals surface area (Å²) in [5.74, 6) is 0. The van der Waals surface area contributed by atoms with Gasteiger partial charge >= 0.3 is 0 Å². The molecule has 0 aromatic carbocycles. The summed E-state index contributed by atoms with van der Waals surface area (Å²) in [7, 11) is -3.49. The molecule has 4 nitrogen and oxygen atoms in total. The molecule has 3 aromatic rings. The van der Waals surface area contributed by atoms with Crippen LogP contribution in [0.3, 0.4) is 0 Å². The Morgan fingerprint density at radius 3 is 2.58 bits per heavy atom. The van der Waals surface area contributed by atoms with Crippen molar-refractivity contribution < 1.29 is 8.42 Å². The van der Waals surface area contributed by atoms with Crippen LogP contribution in [0, 0.1) is 0 Å². The molecule has 24 heavy (non-hydrogen) atoms. The lowest BCUT2D eigenvalue weighted by Crippen LogP contribution is -2.21. The van der Waals surface area contributed by atoms with E-state index in [0.29, 0.717) is 10.8 Å². The molecule has 0 bridgehead atoms. The van der Waals surface area contributed by atoms with Gasteiger partial charge in [-0.1, -0.05) is 26.8 Å². The molecule has 3 heterocycles. The van der Waals surface area contributed by atoms with Crippen LogP contribution >= 0.6 is 34.0 Å². The molecule has 0 saturated heterocycles. The first kappa shape index (κ1) is 17.8. The summed E-state index contributed by atoms with van der Waals surface area (Å²) < 4.78 is 27.8. The van der Waals surface area contributed by atoms with Gasteiger partial charge in [0.25, 0.3) is 0 Å². The molecule has 128 valence electrons. The van der Waals surface area contributed by atoms with E-state index in [-0.39, 0.29) is 5.41 Å². The van der Waals surface area contributed by atoms with Crippen LogP contribution < -0.4 is 4.72 Å². The van der Waals surface area contributed by atoms with E-state index in [2.05, 4.69) is 30.5 Å². The quantitative estimate of drug-likeness (QED) is 0.677. The first-order chi connectivity index (χ1) is 11.3. The summed E-state index contributed by atoms with van der Waals surface area (Å²) in [4.78, 5) is 5.64. The number of rotatable bonds is 5. The van der Waals surface area contributed by atoms with Gasteiger partial charge in [-0.05, 0) is 17.5 Å². The third kappa shape index (κ3) is 3.94. The molecule has 0 fully saturated rings. The Bertz CT molecular complexity index is 916. The third-order valence-corrected chi connectivity index (χ3v) is 7.98. The number of sulfonamides is 1. The maximum Gasteiger partial charge on any atom is 0.250 e. The predicted molar refractivity (Wildman–Crippen MR) is 102 cm³/mol. The molecule has 3 aromatic heterocycles. The summed E-state index contributed by atoms with van der Waals surface area (Å²) in [5, 5.41) is 6.68. The molecule has 0 radical (unpaired) electrons. The largest absolute Gasteiger partial charge is 0.250 e. The van der Waals surface area contributed by atoms with Crippen molar-refractivity contribution in [2.24, 2.45) is 0 Å². The zero-order valence-corrected chi connectivity index (χ0v) is 16.8. The van der Waals surface area contributed by atoms with Crippen LogP contribution in [0.1, 0.15) is 31.3 Å². The first-order valence-electron chi connectivity index (χ1n) is 7.33. The normalized spacial score (nSPS) is 12.6. The fourth-order valence-corrected chi connectivity index (χ4v) is 6.03. The van der Waals surface area contributed by atoms with E-state index in [4.69, 9.17) is 0 Å². The second-order valence-corrected chi connectivity index (χ2v) is 11.1. The lowest BCUT2D eigenvalue weighted by molar-refractivity contribution is 0.573. The topological polar surface area (TPSA) is 59.1 Å². The van der Waals surface area contributed by atoms with Crippen molar-refractivity contribution in [1.82, 2.24) is 9.71 Å². The van der Waals surface area contributed by atoms with Gasteiger partial charge in [0.15, 0.2) is 0 Å². The van der Waals surface area contributed by atoms with E-state index < -0.39 is 10.0 Å². The van der Waals surface area contributed by atoms with E-state index in [1.165, 1.54) is 22.7 Å². The minimum absolute atomic E-state index is 0.0120. The van der Waals surface area contributed by atoms with Gasteiger partial charge in [0.1, 0.15) is 9.22 Å². The van der Waals surface area contributed by atoms with Crippen molar-refractivity contribution in [3.05, 3.63) is 44.9 Å². The molecule has 0 aliphatic carbocycles. The Morgan fingerprint density at radius 1 is 1.17 bits per heavy atom. The standard InChI is InChI=1S/C16H18N2O2S4/c1-16(2,3)13-10-23-15(18-13)11-7-14(22-9-11)24(19,20)17-8-12-5-4-6-21-12/h4-7,9-10,17H,8H2,1-3H3. The molecular weight excluding hydrogens is 380 g/mol. The van der Waals surface area contributed by atoms with Crippen molar-refractivity contribution in [1.29, 1.82) is 0 Å². The summed E-state index contributed by atoms with van der Waals surface area (Å²) in [6, 6.07) is 5.52. The van der Waals surface area contributed by atoms with Crippen LogP contribution in [-0.4, -0.2) is 13.4 Å². The fourth-order valence-electron chi connectivity index (χ4n) is 1.97. The van der Waals surface area contributed by atoms with Crippen molar-refractivity contribution in [2.45, 2.75) is 36.9 Å². The SMILES string of the molecule is CC(C)(C)c1csc(-c2csc(S(=O)(=O)NCc3cccs3)c2)n1. The minimum atomic E-state index is -3.49. The number of hydrogen-bond donors (Lipinski definition) is 1. The molecule has 3 rings (SSSR count). The molecule has 0 amide bonds. The average molecular weight is 399 g/mol. The van der Waals surface area contributed by atoms with Gasteiger partial charge in [-0.15, -0.1) is 34.0 Å². The lowest BCUT2D eigenvalue weighted by atomic mass is 9.93. The molecule has 0 unspecified atom stereocenters. The summed E-state index contributed by atoms with van der Waals surface area (Å²) in [5.41, 5.74) is 1.87. The highest BCUT2D eigenvalue weighted by atomic mass is 32.2. The predicted octanol–water partition coefficient (Wildman–Crippen LogP) is 4.71. The molecule has 0 aliphatic heterocycles. The number of nitrogens with one attached hydrogen (secondary N) is 1. The molecular formula is C16H18N2O2S4. The first-order valence-corrected chi connectivity index (χ1v) is 11.4. The van der Waals surface area contributed by atoms with Crippen molar-refractivity contribution in [3.63, 3.8) is 0 Å². The summed E-state index contributed by atoms with van der Waals surface area (Å²) in [6.07, 6.45) is 0. The van der Waals surface area contributed by atoms with Crippen LogP contribution in [0.15, 0.2) is 38.5 Å². The minimum Gasteiger partial charge on any atom is -0.241 e. The zero-order chi connectivity index (χ0) is 17.4. The molecule has 0 spiro atoms. The lowest BCUT2D eigenvalue weighted by Gasteiger charge is -2.14. The zero-order valence-electron chi connectivity index (χ0n) is 13.6. The van der Waals surface area contributed by atoms with Gasteiger partial charge in [-0.3, -0.25) is 0 Å². The highest BCUT2D eigenvalue weighted by Crippen LogP contribution is 2.33. The number of nitrogens with zero attached hydrogens (tertiary/aromatic N) is 1. The summed E-state index contributed by atoms with van der Waals surface area (Å²) >= 11 is 4.31. The van der Waals surface area contributed by atoms with Crippen LogP contribution in [0.5, 0.6) is 0 Å². The van der Waals surface area contributed by atoms with Gasteiger partial charge in [-0.25, -0.2) is 18.1 Å². The number of thiazole rings is 1. The van der Waals surface area contributed by atoms with Gasteiger partial charge in [0.2, 0.25) is 10.0 Å². The molecule has 8 heteroatoms. The third-order valence-electron chi connectivity index (χ3n) is 3.38. The molecule has 0 atom stereocenters. The van der Waals surface area contributed by atoms with Gasteiger partial charge < -0.3 is 0 Å². The Hall–Kier alpha value is -1.06. The Kier molecular flexibility index (Phi) is 4.94. The van der Waals surface area contributed by atoms with Crippen LogP contribution in [0.4, 0.5) is 0 Å². The summed E-state index contributed by atoms with van der Waals surface area (Å²) in [6.45, 7) is 6.66. The van der Waals surface area contributed by atoms with E-state index in [1.807, 2.05) is 28.3 Å². The monoisotopic (exact) mass is 398 g/mol. The Balaban J connectivity index is 1.78. The van der Waals surface area contributed by atoms with Crippen molar-refractivity contribution in [2.75, 3.05) is 0 Å².